The van der Waals surface area contributed by atoms with Crippen molar-refractivity contribution in [3.05, 3.63) is 29.3 Å². The summed E-state index contributed by atoms with van der Waals surface area (Å²) in [6.07, 6.45) is 5.23. The van der Waals surface area contributed by atoms with E-state index in [1.807, 2.05) is 12.1 Å². The molecule has 0 unspecified atom stereocenters. The van der Waals surface area contributed by atoms with Gasteiger partial charge in [-0.1, -0.05) is 25.5 Å². The van der Waals surface area contributed by atoms with E-state index in [2.05, 4.69) is 31.3 Å². The van der Waals surface area contributed by atoms with Crippen LogP contribution in [-0.4, -0.2) is 6.54 Å². The first-order valence-corrected chi connectivity index (χ1v) is 6.44. The Hall–Kier alpha value is -1.49. The molecule has 0 aliphatic heterocycles. The summed E-state index contributed by atoms with van der Waals surface area (Å²) in [5.74, 6) is 0. The molecule has 1 aromatic carbocycles. The van der Waals surface area contributed by atoms with Crippen molar-refractivity contribution in [3.8, 4) is 6.07 Å². The fourth-order valence-electron chi connectivity index (χ4n) is 2.60. The fraction of sp³-hybridized carbons (Fsp3) is 0.533. The van der Waals surface area contributed by atoms with E-state index >= 15 is 0 Å². The topological polar surface area (TPSA) is 35.8 Å². The third-order valence-corrected chi connectivity index (χ3v) is 4.20. The van der Waals surface area contributed by atoms with E-state index < -0.39 is 0 Å². The standard InChI is InChI=1S/C15H20N2/c1-3-15(8-5-9-15)11-17-14-12(2)6-4-7-13(14)10-16/h4,6-7,17H,3,5,8-9,11H2,1-2H3. The minimum Gasteiger partial charge on any atom is -0.383 e. The molecule has 2 nitrogen and oxygen atoms in total. The molecule has 0 spiro atoms. The molecule has 17 heavy (non-hydrogen) atoms. The normalized spacial score (nSPS) is 17.0. The van der Waals surface area contributed by atoms with Gasteiger partial charge in [0, 0.05) is 6.54 Å². The van der Waals surface area contributed by atoms with Crippen molar-refractivity contribution in [1.82, 2.24) is 0 Å². The van der Waals surface area contributed by atoms with Crippen molar-refractivity contribution >= 4 is 5.69 Å². The number of benzene rings is 1. The van der Waals surface area contributed by atoms with Gasteiger partial charge in [-0.15, -0.1) is 0 Å². The van der Waals surface area contributed by atoms with Crippen molar-refractivity contribution in [2.45, 2.75) is 39.5 Å². The molecule has 90 valence electrons. The summed E-state index contributed by atoms with van der Waals surface area (Å²) in [7, 11) is 0. The predicted octanol–water partition coefficient (Wildman–Crippen LogP) is 3.86. The average molecular weight is 228 g/mol. The van der Waals surface area contributed by atoms with E-state index in [-0.39, 0.29) is 0 Å². The number of nitrogens with zero attached hydrogens (tertiary/aromatic N) is 1. The highest BCUT2D eigenvalue weighted by atomic mass is 14.9. The van der Waals surface area contributed by atoms with Crippen LogP contribution >= 0.6 is 0 Å². The molecule has 0 atom stereocenters. The minimum absolute atomic E-state index is 0.481. The van der Waals surface area contributed by atoms with Gasteiger partial charge in [-0.25, -0.2) is 0 Å². The van der Waals surface area contributed by atoms with Crippen LogP contribution in [0.3, 0.4) is 0 Å². The van der Waals surface area contributed by atoms with Crippen LogP contribution in [0.5, 0.6) is 0 Å². The van der Waals surface area contributed by atoms with Crippen LogP contribution < -0.4 is 5.32 Å². The van der Waals surface area contributed by atoms with Crippen LogP contribution in [0.15, 0.2) is 18.2 Å². The maximum absolute atomic E-state index is 9.11. The highest BCUT2D eigenvalue weighted by molar-refractivity contribution is 5.62. The summed E-state index contributed by atoms with van der Waals surface area (Å²) in [5.41, 5.74) is 3.43. The lowest BCUT2D eigenvalue weighted by Crippen LogP contribution is -2.36. The highest BCUT2D eigenvalue weighted by Crippen LogP contribution is 2.43. The Morgan fingerprint density at radius 1 is 1.41 bits per heavy atom. The number of rotatable bonds is 4. The van der Waals surface area contributed by atoms with Gasteiger partial charge in [0.1, 0.15) is 6.07 Å². The molecule has 0 heterocycles. The lowest BCUT2D eigenvalue weighted by atomic mass is 9.67. The molecule has 0 radical (unpaired) electrons. The molecule has 2 rings (SSSR count). The van der Waals surface area contributed by atoms with E-state index in [1.54, 1.807) is 0 Å². The van der Waals surface area contributed by atoms with Gasteiger partial charge in [-0.2, -0.15) is 5.26 Å². The molecule has 1 aromatic rings. The fourth-order valence-corrected chi connectivity index (χ4v) is 2.60. The second kappa shape index (κ2) is 4.79. The zero-order valence-corrected chi connectivity index (χ0v) is 10.7. The smallest absolute Gasteiger partial charge is 0.101 e. The van der Waals surface area contributed by atoms with Gasteiger partial charge in [0.05, 0.1) is 11.3 Å². The van der Waals surface area contributed by atoms with Crippen LogP contribution in [0.1, 0.15) is 43.7 Å². The minimum atomic E-state index is 0.481. The van der Waals surface area contributed by atoms with Crippen LogP contribution in [0.25, 0.3) is 0 Å². The number of nitrogens with one attached hydrogen (secondary N) is 1. The molecule has 1 fully saturated rings. The van der Waals surface area contributed by atoms with Gasteiger partial charge in [-0.05, 0) is 43.2 Å². The predicted molar refractivity (Wildman–Crippen MR) is 71.0 cm³/mol. The van der Waals surface area contributed by atoms with Gasteiger partial charge >= 0.3 is 0 Å². The summed E-state index contributed by atoms with van der Waals surface area (Å²) in [4.78, 5) is 0. The summed E-state index contributed by atoms with van der Waals surface area (Å²) in [6, 6.07) is 8.15. The van der Waals surface area contributed by atoms with E-state index in [4.69, 9.17) is 5.26 Å². The molecule has 0 amide bonds. The maximum atomic E-state index is 9.11. The molecule has 2 heteroatoms. The van der Waals surface area contributed by atoms with Gasteiger partial charge < -0.3 is 5.32 Å². The Morgan fingerprint density at radius 2 is 2.18 bits per heavy atom. The quantitative estimate of drug-likeness (QED) is 0.849. The SMILES string of the molecule is CCC1(CNc2c(C)cccc2C#N)CCC1. The summed E-state index contributed by atoms with van der Waals surface area (Å²) < 4.78 is 0. The zero-order chi connectivity index (χ0) is 12.3. The Morgan fingerprint density at radius 3 is 2.71 bits per heavy atom. The van der Waals surface area contributed by atoms with Crippen molar-refractivity contribution in [3.63, 3.8) is 0 Å². The summed E-state index contributed by atoms with van der Waals surface area (Å²) >= 11 is 0. The number of anilines is 1. The number of hydrogen-bond donors (Lipinski definition) is 1. The van der Waals surface area contributed by atoms with Crippen LogP contribution in [0.4, 0.5) is 5.69 Å². The Bertz CT molecular complexity index is 433. The summed E-state index contributed by atoms with van der Waals surface area (Å²) in [6.45, 7) is 5.33. The molecule has 1 saturated carbocycles. The number of hydrogen-bond acceptors (Lipinski definition) is 2. The third-order valence-electron chi connectivity index (χ3n) is 4.20. The van der Waals surface area contributed by atoms with Crippen LogP contribution in [0, 0.1) is 23.7 Å². The van der Waals surface area contributed by atoms with E-state index in [0.29, 0.717) is 5.41 Å². The Balaban J connectivity index is 2.11. The van der Waals surface area contributed by atoms with E-state index in [9.17, 15) is 0 Å². The van der Waals surface area contributed by atoms with Gasteiger partial charge in [0.15, 0.2) is 0 Å². The van der Waals surface area contributed by atoms with E-state index in [0.717, 1.165) is 23.4 Å². The largest absolute Gasteiger partial charge is 0.383 e. The molecule has 0 aromatic heterocycles. The third kappa shape index (κ3) is 2.29. The van der Waals surface area contributed by atoms with E-state index in [1.165, 1.54) is 25.7 Å². The van der Waals surface area contributed by atoms with Crippen molar-refractivity contribution in [2.75, 3.05) is 11.9 Å². The van der Waals surface area contributed by atoms with Crippen LogP contribution in [0.2, 0.25) is 0 Å². The van der Waals surface area contributed by atoms with Crippen molar-refractivity contribution < 1.29 is 0 Å². The van der Waals surface area contributed by atoms with Gasteiger partial charge in [0.25, 0.3) is 0 Å². The number of nitriles is 1. The Labute approximate surface area is 104 Å². The zero-order valence-electron chi connectivity index (χ0n) is 10.7. The monoisotopic (exact) mass is 228 g/mol. The Kier molecular flexibility index (Phi) is 3.38. The molecule has 1 N–H and O–H groups in total. The first kappa shape index (κ1) is 12.0. The van der Waals surface area contributed by atoms with Crippen molar-refractivity contribution in [2.24, 2.45) is 5.41 Å². The molecule has 0 saturated heterocycles. The summed E-state index contributed by atoms with van der Waals surface area (Å²) in [5, 5.41) is 12.6. The molecule has 0 bridgehead atoms. The highest BCUT2D eigenvalue weighted by Gasteiger charge is 2.34. The second-order valence-corrected chi connectivity index (χ2v) is 5.17. The number of aryl methyl sites for hydroxylation is 1. The molecule has 1 aliphatic rings. The van der Waals surface area contributed by atoms with Crippen molar-refractivity contribution in [1.29, 1.82) is 5.26 Å². The van der Waals surface area contributed by atoms with Crippen LogP contribution in [-0.2, 0) is 0 Å². The first-order chi connectivity index (χ1) is 8.21. The lowest BCUT2D eigenvalue weighted by Gasteiger charge is -2.41. The van der Waals surface area contributed by atoms with Gasteiger partial charge in [0.2, 0.25) is 0 Å². The van der Waals surface area contributed by atoms with Gasteiger partial charge in [-0.3, -0.25) is 0 Å². The lowest BCUT2D eigenvalue weighted by molar-refractivity contribution is 0.145. The molecular weight excluding hydrogens is 208 g/mol. The maximum Gasteiger partial charge on any atom is 0.101 e. The number of para-hydroxylation sites is 1. The molecule has 1 aliphatic carbocycles. The molecular formula is C15H20N2. The average Bonchev–Trinajstić information content (AvgIpc) is 2.29. The second-order valence-electron chi connectivity index (χ2n) is 5.17. The first-order valence-electron chi connectivity index (χ1n) is 6.44.